The number of anilines is 1. The van der Waals surface area contributed by atoms with E-state index in [0.717, 1.165) is 0 Å². The molecular weight excluding hydrogens is 227 g/mol. The molecule has 2 aromatic rings. The minimum atomic E-state index is -1.04. The molecule has 0 saturated heterocycles. The Morgan fingerprint density at radius 2 is 2.35 bits per heavy atom. The largest absolute Gasteiger partial charge is 0.478 e. The predicted molar refractivity (Wildman–Crippen MR) is 57.2 cm³/mol. The van der Waals surface area contributed by atoms with Crippen molar-refractivity contribution in [2.75, 3.05) is 5.32 Å². The number of aromatic nitrogens is 1. The van der Waals surface area contributed by atoms with Crippen molar-refractivity contribution in [3.63, 3.8) is 0 Å². The molecule has 5 nitrogen and oxygen atoms in total. The van der Waals surface area contributed by atoms with Crippen LogP contribution in [-0.4, -0.2) is 16.1 Å². The molecule has 0 amide bonds. The second-order valence-electron chi connectivity index (χ2n) is 3.33. The Labute approximate surface area is 95.9 Å². The second kappa shape index (κ2) is 4.65. The van der Waals surface area contributed by atoms with Crippen molar-refractivity contribution in [2.45, 2.75) is 6.54 Å². The number of carbonyl (C=O) groups is 1. The van der Waals surface area contributed by atoms with Gasteiger partial charge in [0.2, 0.25) is 5.95 Å². The van der Waals surface area contributed by atoms with Crippen molar-refractivity contribution >= 4 is 11.7 Å². The molecule has 0 spiro atoms. The monoisotopic (exact) mass is 236 g/mol. The normalized spacial score (nSPS) is 10.2. The molecule has 0 aliphatic rings. The lowest BCUT2D eigenvalue weighted by molar-refractivity contribution is 0.0696. The number of pyridine rings is 1. The maximum Gasteiger partial charge on any atom is 0.338 e. The van der Waals surface area contributed by atoms with Crippen molar-refractivity contribution in [2.24, 2.45) is 0 Å². The molecule has 2 N–H and O–H groups in total. The van der Waals surface area contributed by atoms with Gasteiger partial charge in [-0.15, -0.1) is 0 Å². The smallest absolute Gasteiger partial charge is 0.338 e. The van der Waals surface area contributed by atoms with Crippen LogP contribution in [0.25, 0.3) is 0 Å². The SMILES string of the molecule is O=C(O)c1coc(CNc2ccc(F)nc2)c1. The first-order valence-electron chi connectivity index (χ1n) is 4.81. The zero-order valence-corrected chi connectivity index (χ0v) is 8.68. The minimum Gasteiger partial charge on any atom is -0.478 e. The number of rotatable bonds is 4. The molecule has 2 rings (SSSR count). The summed E-state index contributed by atoms with van der Waals surface area (Å²) in [7, 11) is 0. The van der Waals surface area contributed by atoms with Gasteiger partial charge < -0.3 is 14.8 Å². The Hall–Kier alpha value is -2.37. The van der Waals surface area contributed by atoms with Crippen LogP contribution in [0.1, 0.15) is 16.1 Å². The maximum atomic E-state index is 12.5. The maximum absolute atomic E-state index is 12.5. The third-order valence-electron chi connectivity index (χ3n) is 2.09. The van der Waals surface area contributed by atoms with Crippen molar-refractivity contribution in [3.05, 3.63) is 47.9 Å². The Kier molecular flexibility index (Phi) is 3.04. The van der Waals surface area contributed by atoms with E-state index in [1.165, 1.54) is 30.7 Å². The molecule has 0 aliphatic carbocycles. The summed E-state index contributed by atoms with van der Waals surface area (Å²) in [6, 6.07) is 4.18. The molecular formula is C11H9FN2O3. The van der Waals surface area contributed by atoms with E-state index in [2.05, 4.69) is 10.3 Å². The lowest BCUT2D eigenvalue weighted by Crippen LogP contribution is -1.99. The minimum absolute atomic E-state index is 0.0963. The number of carboxylic acids is 1. The fourth-order valence-electron chi connectivity index (χ4n) is 1.26. The zero-order chi connectivity index (χ0) is 12.3. The highest BCUT2D eigenvalue weighted by atomic mass is 19.1. The first-order valence-corrected chi connectivity index (χ1v) is 4.81. The summed E-state index contributed by atoms with van der Waals surface area (Å²) < 4.78 is 17.6. The summed E-state index contributed by atoms with van der Waals surface area (Å²) in [4.78, 5) is 14.1. The molecule has 2 aromatic heterocycles. The molecule has 6 heteroatoms. The third-order valence-corrected chi connectivity index (χ3v) is 2.09. The van der Waals surface area contributed by atoms with Crippen molar-refractivity contribution in [3.8, 4) is 0 Å². The van der Waals surface area contributed by atoms with Gasteiger partial charge in [-0.3, -0.25) is 0 Å². The van der Waals surface area contributed by atoms with Gasteiger partial charge in [0, 0.05) is 0 Å². The van der Waals surface area contributed by atoms with E-state index in [4.69, 9.17) is 9.52 Å². The number of carboxylic acid groups (broad SMARTS) is 1. The highest BCUT2D eigenvalue weighted by Gasteiger charge is 2.07. The molecule has 0 saturated carbocycles. The van der Waals surface area contributed by atoms with Crippen molar-refractivity contribution in [1.29, 1.82) is 0 Å². The quantitative estimate of drug-likeness (QED) is 0.795. The molecule has 0 aromatic carbocycles. The fraction of sp³-hybridized carbons (Fsp3) is 0.0909. The third kappa shape index (κ3) is 2.81. The van der Waals surface area contributed by atoms with Crippen LogP contribution in [0.5, 0.6) is 0 Å². The van der Waals surface area contributed by atoms with Crippen LogP contribution in [0.3, 0.4) is 0 Å². The van der Waals surface area contributed by atoms with Gasteiger partial charge in [-0.1, -0.05) is 0 Å². The van der Waals surface area contributed by atoms with Crippen LogP contribution < -0.4 is 5.32 Å². The lowest BCUT2D eigenvalue weighted by atomic mass is 10.3. The first-order chi connectivity index (χ1) is 8.15. The number of nitrogens with one attached hydrogen (secondary N) is 1. The van der Waals surface area contributed by atoms with Crippen LogP contribution in [0.15, 0.2) is 35.1 Å². The van der Waals surface area contributed by atoms with E-state index in [9.17, 15) is 9.18 Å². The summed E-state index contributed by atoms with van der Waals surface area (Å²) >= 11 is 0. The first kappa shape index (κ1) is 11.1. The average Bonchev–Trinajstić information content (AvgIpc) is 2.77. The van der Waals surface area contributed by atoms with Gasteiger partial charge >= 0.3 is 5.97 Å². The van der Waals surface area contributed by atoms with Crippen LogP contribution in [-0.2, 0) is 6.54 Å². The second-order valence-corrected chi connectivity index (χ2v) is 3.33. The number of hydrogen-bond acceptors (Lipinski definition) is 4. The molecule has 88 valence electrons. The molecule has 0 fully saturated rings. The van der Waals surface area contributed by atoms with Crippen molar-refractivity contribution in [1.82, 2.24) is 4.98 Å². The van der Waals surface area contributed by atoms with Crippen LogP contribution in [0.4, 0.5) is 10.1 Å². The number of aromatic carboxylic acids is 1. The van der Waals surface area contributed by atoms with Crippen molar-refractivity contribution < 1.29 is 18.7 Å². The number of furan rings is 1. The highest BCUT2D eigenvalue weighted by Crippen LogP contribution is 2.11. The zero-order valence-electron chi connectivity index (χ0n) is 8.68. The van der Waals surface area contributed by atoms with E-state index in [1.807, 2.05) is 0 Å². The molecule has 0 atom stereocenters. The van der Waals surface area contributed by atoms with E-state index in [1.54, 1.807) is 0 Å². The van der Waals surface area contributed by atoms with Crippen LogP contribution >= 0.6 is 0 Å². The van der Waals surface area contributed by atoms with Crippen LogP contribution in [0, 0.1) is 5.95 Å². The number of nitrogens with zero attached hydrogens (tertiary/aromatic N) is 1. The van der Waals surface area contributed by atoms with Gasteiger partial charge in [-0.05, 0) is 18.2 Å². The Balaban J connectivity index is 1.97. The Bertz CT molecular complexity index is 522. The Morgan fingerprint density at radius 1 is 1.53 bits per heavy atom. The summed E-state index contributed by atoms with van der Waals surface area (Å²) in [6.07, 6.45) is 2.51. The topological polar surface area (TPSA) is 75.4 Å². The van der Waals surface area contributed by atoms with Gasteiger partial charge in [0.1, 0.15) is 12.0 Å². The van der Waals surface area contributed by atoms with Gasteiger partial charge in [0.05, 0.1) is 24.0 Å². The van der Waals surface area contributed by atoms with Gasteiger partial charge in [0.15, 0.2) is 0 Å². The molecule has 0 aliphatic heterocycles. The van der Waals surface area contributed by atoms with Crippen LogP contribution in [0.2, 0.25) is 0 Å². The van der Waals surface area contributed by atoms with Gasteiger partial charge in [-0.25, -0.2) is 9.78 Å². The predicted octanol–water partition coefficient (Wildman–Crippen LogP) is 2.12. The number of hydrogen-bond donors (Lipinski definition) is 2. The molecule has 0 radical (unpaired) electrons. The highest BCUT2D eigenvalue weighted by molar-refractivity contribution is 5.87. The fourth-order valence-corrected chi connectivity index (χ4v) is 1.26. The van der Waals surface area contributed by atoms with Gasteiger partial charge in [0.25, 0.3) is 0 Å². The molecule has 0 bridgehead atoms. The summed E-state index contributed by atoms with van der Waals surface area (Å²) in [5.41, 5.74) is 0.721. The van der Waals surface area contributed by atoms with Gasteiger partial charge in [-0.2, -0.15) is 4.39 Å². The molecule has 17 heavy (non-hydrogen) atoms. The summed E-state index contributed by atoms with van der Waals surface area (Å²) in [5.74, 6) is -1.11. The van der Waals surface area contributed by atoms with E-state index in [-0.39, 0.29) is 5.56 Å². The summed E-state index contributed by atoms with van der Waals surface area (Å²) in [5, 5.41) is 11.6. The van der Waals surface area contributed by atoms with E-state index >= 15 is 0 Å². The average molecular weight is 236 g/mol. The lowest BCUT2D eigenvalue weighted by Gasteiger charge is -2.02. The van der Waals surface area contributed by atoms with E-state index in [0.29, 0.717) is 18.0 Å². The summed E-state index contributed by atoms with van der Waals surface area (Å²) in [6.45, 7) is 0.306. The molecule has 2 heterocycles. The van der Waals surface area contributed by atoms with E-state index < -0.39 is 11.9 Å². The standard InChI is InChI=1S/C11H9FN2O3/c12-10-2-1-8(4-14-10)13-5-9-3-7(6-17-9)11(15)16/h1-4,6,13H,5H2,(H,15,16). The molecule has 0 unspecified atom stereocenters. The Morgan fingerprint density at radius 3 is 2.94 bits per heavy atom. The number of halogens is 1.